The number of Topliss-reactive ketones (excluding diaryl/α,β-unsaturated/α-hetero) is 1. The van der Waals surface area contributed by atoms with Crippen LogP contribution in [0.15, 0.2) is 18.2 Å². The van der Waals surface area contributed by atoms with Crippen molar-refractivity contribution in [3.63, 3.8) is 0 Å². The molecule has 5 heteroatoms. The molecule has 2 rings (SSSR count). The lowest BCUT2D eigenvalue weighted by Crippen LogP contribution is -2.31. The van der Waals surface area contributed by atoms with Gasteiger partial charge in [-0.3, -0.25) is 4.79 Å². The first-order valence-electron chi connectivity index (χ1n) is 5.09. The van der Waals surface area contributed by atoms with E-state index in [4.69, 9.17) is 0 Å². The molecule has 0 N–H and O–H groups in total. The lowest BCUT2D eigenvalue weighted by atomic mass is 9.89. The van der Waals surface area contributed by atoms with Gasteiger partial charge >= 0.3 is 5.97 Å². The third-order valence-corrected chi connectivity index (χ3v) is 4.33. The first-order valence-corrected chi connectivity index (χ1v) is 6.68. The van der Waals surface area contributed by atoms with Gasteiger partial charge in [0, 0.05) is 5.56 Å². The molecule has 3 nitrogen and oxygen atoms in total. The predicted octanol–water partition coefficient (Wildman–Crippen LogP) is 3.09. The number of alkyl halides is 2. The largest absolute Gasteiger partial charge is 0.465 e. The number of ether oxygens (including phenoxy) is 1. The van der Waals surface area contributed by atoms with Gasteiger partial charge in [-0.1, -0.05) is 37.9 Å². The molecule has 0 aliphatic heterocycles. The number of aryl methyl sites for hydroxylation is 1. The van der Waals surface area contributed by atoms with Gasteiger partial charge in [-0.25, -0.2) is 4.79 Å². The van der Waals surface area contributed by atoms with Crippen molar-refractivity contribution in [3.05, 3.63) is 34.9 Å². The quantitative estimate of drug-likeness (QED) is 0.570. The minimum atomic E-state index is -0.707. The third kappa shape index (κ3) is 2.31. The predicted molar refractivity (Wildman–Crippen MR) is 71.0 cm³/mol. The van der Waals surface area contributed by atoms with Crippen LogP contribution >= 0.6 is 31.9 Å². The Morgan fingerprint density at radius 3 is 2.76 bits per heavy atom. The first kappa shape index (κ1) is 12.8. The highest BCUT2D eigenvalue weighted by Crippen LogP contribution is 2.40. The second-order valence-corrected chi connectivity index (χ2v) is 7.67. The molecule has 0 heterocycles. The highest BCUT2D eigenvalue weighted by atomic mass is 79.9. The van der Waals surface area contributed by atoms with Gasteiger partial charge < -0.3 is 4.74 Å². The van der Waals surface area contributed by atoms with E-state index in [0.29, 0.717) is 17.5 Å². The van der Waals surface area contributed by atoms with Gasteiger partial charge in [0.2, 0.25) is 0 Å². The summed E-state index contributed by atoms with van der Waals surface area (Å²) in [6, 6.07) is 5.10. The van der Waals surface area contributed by atoms with E-state index in [0.717, 1.165) is 12.0 Å². The molecule has 0 amide bonds. The molecule has 1 aliphatic carbocycles. The number of ketones is 1. The van der Waals surface area contributed by atoms with E-state index in [2.05, 4.69) is 36.6 Å². The maximum atomic E-state index is 12.2. The monoisotopic (exact) mass is 360 g/mol. The van der Waals surface area contributed by atoms with E-state index in [1.165, 1.54) is 7.11 Å². The second kappa shape index (κ2) is 4.53. The molecule has 17 heavy (non-hydrogen) atoms. The van der Waals surface area contributed by atoms with Crippen LogP contribution in [-0.2, 0) is 11.2 Å². The van der Waals surface area contributed by atoms with Gasteiger partial charge in [0.15, 0.2) is 5.78 Å². The van der Waals surface area contributed by atoms with Crippen molar-refractivity contribution in [2.75, 3.05) is 7.11 Å². The van der Waals surface area contributed by atoms with Crippen LogP contribution in [0.25, 0.3) is 0 Å². The minimum Gasteiger partial charge on any atom is -0.465 e. The fourth-order valence-electron chi connectivity index (χ4n) is 1.85. The molecule has 0 bridgehead atoms. The van der Waals surface area contributed by atoms with Crippen LogP contribution in [0.5, 0.6) is 0 Å². The number of carbonyl (C=O) groups excluding carboxylic acids is 2. The first-order chi connectivity index (χ1) is 7.95. The number of halogens is 2. The fourth-order valence-corrected chi connectivity index (χ4v) is 2.68. The Bertz CT molecular complexity index is 495. The molecule has 0 atom stereocenters. The number of hydrogen-bond acceptors (Lipinski definition) is 3. The Morgan fingerprint density at radius 1 is 1.41 bits per heavy atom. The Labute approximate surface area is 116 Å². The number of carbonyl (C=O) groups is 2. The Hall–Kier alpha value is -0.680. The van der Waals surface area contributed by atoms with E-state index in [9.17, 15) is 9.59 Å². The molecule has 0 unspecified atom stereocenters. The lowest BCUT2D eigenvalue weighted by molar-refractivity contribution is 0.0600. The van der Waals surface area contributed by atoms with Crippen LogP contribution in [0, 0.1) is 0 Å². The highest BCUT2D eigenvalue weighted by molar-refractivity contribution is 9.26. The number of fused-ring (bicyclic) bond motifs is 1. The van der Waals surface area contributed by atoms with Gasteiger partial charge in [0.05, 0.1) is 12.7 Å². The average molecular weight is 362 g/mol. The average Bonchev–Trinajstić information content (AvgIpc) is 2.33. The van der Waals surface area contributed by atoms with Crippen molar-refractivity contribution < 1.29 is 14.3 Å². The van der Waals surface area contributed by atoms with Crippen LogP contribution in [0.3, 0.4) is 0 Å². The standard InChI is InChI=1S/C12H10Br2O3/c1-17-11(16)8-3-2-7-4-5-12(13,14)10(15)9(7)6-8/h2-3,6H,4-5H2,1H3. The van der Waals surface area contributed by atoms with Gasteiger partial charge in [0.1, 0.15) is 3.23 Å². The number of benzene rings is 1. The Morgan fingerprint density at radius 2 is 2.12 bits per heavy atom. The fraction of sp³-hybridized carbons (Fsp3) is 0.333. The maximum Gasteiger partial charge on any atom is 0.337 e. The van der Waals surface area contributed by atoms with Gasteiger partial charge in [-0.2, -0.15) is 0 Å². The minimum absolute atomic E-state index is 0.0514. The van der Waals surface area contributed by atoms with Gasteiger partial charge in [-0.15, -0.1) is 0 Å². The van der Waals surface area contributed by atoms with Crippen LogP contribution in [0.2, 0.25) is 0 Å². The van der Waals surface area contributed by atoms with Crippen molar-refractivity contribution in [2.45, 2.75) is 16.1 Å². The van der Waals surface area contributed by atoms with Crippen molar-refractivity contribution in [3.8, 4) is 0 Å². The van der Waals surface area contributed by atoms with E-state index in [1.807, 2.05) is 6.07 Å². The van der Waals surface area contributed by atoms with Crippen molar-refractivity contribution in [1.29, 1.82) is 0 Å². The number of methoxy groups -OCH3 is 1. The zero-order valence-corrected chi connectivity index (χ0v) is 12.3. The summed E-state index contributed by atoms with van der Waals surface area (Å²) < 4.78 is 3.93. The summed E-state index contributed by atoms with van der Waals surface area (Å²) in [5.41, 5.74) is 1.95. The van der Waals surface area contributed by atoms with Crippen LogP contribution in [-0.4, -0.2) is 22.1 Å². The SMILES string of the molecule is COC(=O)c1ccc2c(c1)C(=O)C(Br)(Br)CC2. The molecule has 0 spiro atoms. The molecule has 1 aromatic rings. The summed E-state index contributed by atoms with van der Waals surface area (Å²) in [5, 5.41) is 0. The highest BCUT2D eigenvalue weighted by Gasteiger charge is 2.38. The molecular formula is C12H10Br2O3. The third-order valence-electron chi connectivity index (χ3n) is 2.82. The van der Waals surface area contributed by atoms with Crippen molar-refractivity contribution in [1.82, 2.24) is 0 Å². The maximum absolute atomic E-state index is 12.2. The molecular weight excluding hydrogens is 352 g/mol. The van der Waals surface area contributed by atoms with Crippen LogP contribution in [0.4, 0.5) is 0 Å². The summed E-state index contributed by atoms with van der Waals surface area (Å²) in [4.78, 5) is 23.6. The number of esters is 1. The molecule has 0 saturated carbocycles. The molecule has 1 aromatic carbocycles. The number of rotatable bonds is 1. The van der Waals surface area contributed by atoms with E-state index in [1.54, 1.807) is 12.1 Å². The number of hydrogen-bond donors (Lipinski definition) is 0. The summed E-state index contributed by atoms with van der Waals surface area (Å²) in [6.07, 6.45) is 1.48. The zero-order chi connectivity index (χ0) is 12.6. The summed E-state index contributed by atoms with van der Waals surface area (Å²) in [6.45, 7) is 0. The van der Waals surface area contributed by atoms with Crippen molar-refractivity contribution in [2.24, 2.45) is 0 Å². The molecule has 0 radical (unpaired) electrons. The Kier molecular flexibility index (Phi) is 3.41. The smallest absolute Gasteiger partial charge is 0.337 e. The topological polar surface area (TPSA) is 43.4 Å². The van der Waals surface area contributed by atoms with Gasteiger partial charge in [0.25, 0.3) is 0 Å². The van der Waals surface area contributed by atoms with E-state index >= 15 is 0 Å². The Balaban J connectivity index is 2.48. The summed E-state index contributed by atoms with van der Waals surface area (Å²) in [5.74, 6) is -0.481. The molecule has 0 aromatic heterocycles. The normalized spacial score (nSPS) is 17.5. The van der Waals surface area contributed by atoms with E-state index in [-0.39, 0.29) is 5.78 Å². The summed E-state index contributed by atoms with van der Waals surface area (Å²) in [7, 11) is 1.32. The molecule has 1 aliphatic rings. The van der Waals surface area contributed by atoms with Crippen molar-refractivity contribution >= 4 is 43.6 Å². The summed E-state index contributed by atoms with van der Waals surface area (Å²) >= 11 is 6.71. The lowest BCUT2D eigenvalue weighted by Gasteiger charge is -2.26. The van der Waals surface area contributed by atoms with Crippen LogP contribution in [0.1, 0.15) is 32.7 Å². The van der Waals surface area contributed by atoms with Crippen LogP contribution < -0.4 is 0 Å². The molecule has 90 valence electrons. The molecule has 0 fully saturated rings. The van der Waals surface area contributed by atoms with Gasteiger partial charge in [-0.05, 0) is 30.5 Å². The second-order valence-electron chi connectivity index (χ2n) is 3.90. The molecule has 0 saturated heterocycles. The zero-order valence-electron chi connectivity index (χ0n) is 9.13. The van der Waals surface area contributed by atoms with E-state index < -0.39 is 9.20 Å².